The van der Waals surface area contributed by atoms with Gasteiger partial charge in [0, 0.05) is 5.56 Å². The maximum atomic E-state index is 11.3. The number of hydrogen-bond acceptors (Lipinski definition) is 3. The van der Waals surface area contributed by atoms with E-state index in [1.807, 2.05) is 0 Å². The highest BCUT2D eigenvalue weighted by molar-refractivity contribution is 6.06. The summed E-state index contributed by atoms with van der Waals surface area (Å²) >= 11 is 0. The van der Waals surface area contributed by atoms with E-state index in [9.17, 15) is 19.5 Å². The molecule has 0 saturated carbocycles. The third-order valence-electron chi connectivity index (χ3n) is 2.87. The molecule has 100 valence electrons. The molecule has 0 fully saturated rings. The second-order valence-electron chi connectivity index (χ2n) is 4.08. The first-order chi connectivity index (χ1) is 9.54. The van der Waals surface area contributed by atoms with Crippen molar-refractivity contribution in [3.8, 4) is 11.1 Å². The number of carbonyl (C=O) groups is 3. The normalized spacial score (nSPS) is 10.0. The second-order valence-corrected chi connectivity index (χ2v) is 4.08. The van der Waals surface area contributed by atoms with Gasteiger partial charge in [-0.2, -0.15) is 0 Å². The van der Waals surface area contributed by atoms with Crippen LogP contribution in [-0.2, 0) is 0 Å². The summed E-state index contributed by atoms with van der Waals surface area (Å²) in [6.45, 7) is 0. The summed E-state index contributed by atoms with van der Waals surface area (Å²) in [4.78, 5) is 33.0. The summed E-state index contributed by atoms with van der Waals surface area (Å²) < 4.78 is 0. The average Bonchev–Trinajstić information content (AvgIpc) is 2.46. The Bertz CT molecular complexity index is 686. The van der Waals surface area contributed by atoms with Gasteiger partial charge in [-0.05, 0) is 17.2 Å². The standard InChI is InChI=1S/C15H10O5/c16-8-9-4-6-10(7-5-9)11-2-1-3-12(14(17)18)13(11)15(19)20/h1-8H,(H,17,18)(H,19,20). The number of carboxylic acids is 2. The van der Waals surface area contributed by atoms with Gasteiger partial charge in [0.15, 0.2) is 0 Å². The van der Waals surface area contributed by atoms with E-state index in [0.29, 0.717) is 23.0 Å². The van der Waals surface area contributed by atoms with E-state index in [2.05, 4.69) is 0 Å². The first kappa shape index (κ1) is 13.5. The molecule has 20 heavy (non-hydrogen) atoms. The Morgan fingerprint density at radius 3 is 2.05 bits per heavy atom. The molecular formula is C15H10O5. The van der Waals surface area contributed by atoms with Crippen molar-refractivity contribution in [3.63, 3.8) is 0 Å². The number of rotatable bonds is 4. The van der Waals surface area contributed by atoms with Crippen LogP contribution in [0.15, 0.2) is 42.5 Å². The van der Waals surface area contributed by atoms with Crippen molar-refractivity contribution in [2.75, 3.05) is 0 Å². The molecule has 0 bridgehead atoms. The highest BCUT2D eigenvalue weighted by atomic mass is 16.4. The topological polar surface area (TPSA) is 91.7 Å². The molecule has 0 atom stereocenters. The van der Waals surface area contributed by atoms with Gasteiger partial charge >= 0.3 is 11.9 Å². The molecule has 0 heterocycles. The van der Waals surface area contributed by atoms with Crippen molar-refractivity contribution in [2.45, 2.75) is 0 Å². The summed E-state index contributed by atoms with van der Waals surface area (Å²) in [7, 11) is 0. The summed E-state index contributed by atoms with van der Waals surface area (Å²) in [5.41, 5.74) is 0.763. The van der Waals surface area contributed by atoms with Gasteiger partial charge in [-0.15, -0.1) is 0 Å². The number of carbonyl (C=O) groups excluding carboxylic acids is 1. The molecule has 0 radical (unpaired) electrons. The Morgan fingerprint density at radius 1 is 0.900 bits per heavy atom. The fraction of sp³-hybridized carbons (Fsp3) is 0. The number of aldehydes is 1. The van der Waals surface area contributed by atoms with Gasteiger partial charge in [0.05, 0.1) is 11.1 Å². The van der Waals surface area contributed by atoms with Crippen LogP contribution in [0.5, 0.6) is 0 Å². The van der Waals surface area contributed by atoms with Gasteiger partial charge in [-0.3, -0.25) is 4.79 Å². The van der Waals surface area contributed by atoms with E-state index in [-0.39, 0.29) is 11.1 Å². The molecule has 0 aliphatic rings. The Balaban J connectivity index is 2.66. The molecule has 0 amide bonds. The van der Waals surface area contributed by atoms with Gasteiger partial charge in [0.2, 0.25) is 0 Å². The van der Waals surface area contributed by atoms with Crippen LogP contribution in [-0.4, -0.2) is 28.4 Å². The van der Waals surface area contributed by atoms with Gasteiger partial charge in [-0.1, -0.05) is 36.4 Å². The molecule has 5 heteroatoms. The quantitative estimate of drug-likeness (QED) is 0.833. The van der Waals surface area contributed by atoms with E-state index < -0.39 is 11.9 Å². The Morgan fingerprint density at radius 2 is 1.55 bits per heavy atom. The van der Waals surface area contributed by atoms with Crippen molar-refractivity contribution in [1.29, 1.82) is 0 Å². The lowest BCUT2D eigenvalue weighted by Gasteiger charge is -2.09. The highest BCUT2D eigenvalue weighted by Gasteiger charge is 2.20. The van der Waals surface area contributed by atoms with E-state index in [1.165, 1.54) is 18.2 Å². The van der Waals surface area contributed by atoms with Crippen LogP contribution in [0.25, 0.3) is 11.1 Å². The molecule has 0 aromatic heterocycles. The smallest absolute Gasteiger partial charge is 0.337 e. The van der Waals surface area contributed by atoms with Crippen LogP contribution in [0, 0.1) is 0 Å². The summed E-state index contributed by atoms with van der Waals surface area (Å²) in [5.74, 6) is -2.61. The minimum atomic E-state index is -1.31. The van der Waals surface area contributed by atoms with Crippen molar-refractivity contribution in [2.24, 2.45) is 0 Å². The van der Waals surface area contributed by atoms with Crippen LogP contribution in [0.2, 0.25) is 0 Å². The average molecular weight is 270 g/mol. The second kappa shape index (κ2) is 5.36. The Labute approximate surface area is 114 Å². The minimum Gasteiger partial charge on any atom is -0.478 e. The summed E-state index contributed by atoms with van der Waals surface area (Å²) in [5, 5.41) is 18.3. The molecule has 5 nitrogen and oxygen atoms in total. The first-order valence-corrected chi connectivity index (χ1v) is 5.70. The van der Waals surface area contributed by atoms with Crippen molar-refractivity contribution >= 4 is 18.2 Å². The Kier molecular flexibility index (Phi) is 3.61. The fourth-order valence-corrected chi connectivity index (χ4v) is 1.94. The van der Waals surface area contributed by atoms with Gasteiger partial charge in [0.1, 0.15) is 6.29 Å². The van der Waals surface area contributed by atoms with Crippen LogP contribution in [0.4, 0.5) is 0 Å². The molecule has 0 saturated heterocycles. The van der Waals surface area contributed by atoms with Gasteiger partial charge in [-0.25, -0.2) is 9.59 Å². The third-order valence-corrected chi connectivity index (χ3v) is 2.87. The van der Waals surface area contributed by atoms with Crippen LogP contribution in [0.3, 0.4) is 0 Å². The maximum absolute atomic E-state index is 11.3. The SMILES string of the molecule is O=Cc1ccc(-c2cccc(C(=O)O)c2C(=O)O)cc1. The predicted octanol–water partition coefficient (Wildman–Crippen LogP) is 2.56. The van der Waals surface area contributed by atoms with Crippen molar-refractivity contribution in [3.05, 3.63) is 59.2 Å². The molecule has 0 aliphatic carbocycles. The lowest BCUT2D eigenvalue weighted by molar-refractivity contribution is 0.0652. The predicted molar refractivity (Wildman–Crippen MR) is 71.2 cm³/mol. The van der Waals surface area contributed by atoms with Crippen LogP contribution < -0.4 is 0 Å². The number of benzene rings is 2. The van der Waals surface area contributed by atoms with Crippen LogP contribution in [0.1, 0.15) is 31.1 Å². The zero-order valence-electron chi connectivity index (χ0n) is 10.2. The van der Waals surface area contributed by atoms with Gasteiger partial charge in [0.25, 0.3) is 0 Å². The Hall–Kier alpha value is -2.95. The first-order valence-electron chi connectivity index (χ1n) is 5.70. The fourth-order valence-electron chi connectivity index (χ4n) is 1.94. The molecule has 0 unspecified atom stereocenters. The zero-order chi connectivity index (χ0) is 14.7. The highest BCUT2D eigenvalue weighted by Crippen LogP contribution is 2.26. The van der Waals surface area contributed by atoms with E-state index in [0.717, 1.165) is 0 Å². The van der Waals surface area contributed by atoms with Gasteiger partial charge < -0.3 is 10.2 Å². The van der Waals surface area contributed by atoms with E-state index >= 15 is 0 Å². The molecule has 2 rings (SSSR count). The molecule has 0 spiro atoms. The number of carboxylic acid groups (broad SMARTS) is 2. The monoisotopic (exact) mass is 270 g/mol. The largest absolute Gasteiger partial charge is 0.478 e. The summed E-state index contributed by atoms with van der Waals surface area (Å²) in [6.07, 6.45) is 0.676. The minimum absolute atomic E-state index is 0.265. The molecule has 0 aliphatic heterocycles. The number of hydrogen-bond donors (Lipinski definition) is 2. The van der Waals surface area contributed by atoms with E-state index in [4.69, 9.17) is 5.11 Å². The zero-order valence-corrected chi connectivity index (χ0v) is 10.2. The van der Waals surface area contributed by atoms with Crippen LogP contribution >= 0.6 is 0 Å². The van der Waals surface area contributed by atoms with Crippen molar-refractivity contribution in [1.82, 2.24) is 0 Å². The molecule has 2 aromatic carbocycles. The lowest BCUT2D eigenvalue weighted by atomic mass is 9.95. The molecule has 2 aromatic rings. The molecular weight excluding hydrogens is 260 g/mol. The molecule has 2 N–H and O–H groups in total. The lowest BCUT2D eigenvalue weighted by Crippen LogP contribution is -2.09. The number of aromatic carboxylic acids is 2. The van der Waals surface area contributed by atoms with Crippen molar-refractivity contribution < 1.29 is 24.6 Å². The summed E-state index contributed by atoms with van der Waals surface area (Å²) in [6, 6.07) is 10.5. The third kappa shape index (κ3) is 2.42. The maximum Gasteiger partial charge on any atom is 0.337 e. The van der Waals surface area contributed by atoms with E-state index in [1.54, 1.807) is 24.3 Å².